The predicted molar refractivity (Wildman–Crippen MR) is 79.3 cm³/mol. The maximum absolute atomic E-state index is 5.85. The van der Waals surface area contributed by atoms with Gasteiger partial charge < -0.3 is 10.1 Å². The van der Waals surface area contributed by atoms with E-state index in [1.165, 1.54) is 31.4 Å². The third-order valence-corrected chi connectivity index (χ3v) is 4.16. The third kappa shape index (κ3) is 3.99. The highest BCUT2D eigenvalue weighted by molar-refractivity contribution is 9.10. The summed E-state index contributed by atoms with van der Waals surface area (Å²) < 4.78 is 6.92. The molecule has 0 radical (unpaired) electrons. The van der Waals surface area contributed by atoms with E-state index in [2.05, 4.69) is 46.4 Å². The Hall–Kier alpha value is -0.540. The Morgan fingerprint density at radius 1 is 1.39 bits per heavy atom. The second-order valence-corrected chi connectivity index (χ2v) is 5.76. The highest BCUT2D eigenvalue weighted by atomic mass is 79.9. The molecule has 0 unspecified atom stereocenters. The normalized spacial score (nSPS) is 19.8. The molecular weight excluding hydrogens is 290 g/mol. The van der Waals surface area contributed by atoms with E-state index in [1.54, 1.807) is 0 Å². The number of halogens is 1. The van der Waals surface area contributed by atoms with Gasteiger partial charge in [-0.05, 0) is 65.9 Å². The molecular formula is C15H22BrNO. The lowest BCUT2D eigenvalue weighted by Crippen LogP contribution is -2.35. The zero-order chi connectivity index (χ0) is 12.8. The van der Waals surface area contributed by atoms with Gasteiger partial charge in [-0.3, -0.25) is 0 Å². The Bertz CT molecular complexity index is 375. The summed E-state index contributed by atoms with van der Waals surface area (Å²) in [5, 5.41) is 3.55. The fraction of sp³-hybridized carbons (Fsp3) is 0.600. The van der Waals surface area contributed by atoms with Crippen LogP contribution in [0.3, 0.4) is 0 Å². The smallest absolute Gasteiger partial charge is 0.133 e. The zero-order valence-corrected chi connectivity index (χ0v) is 12.6. The van der Waals surface area contributed by atoms with E-state index in [0.29, 0.717) is 6.04 Å². The van der Waals surface area contributed by atoms with E-state index in [1.807, 2.05) is 0 Å². The molecule has 100 valence electrons. The van der Waals surface area contributed by atoms with E-state index in [0.717, 1.165) is 29.7 Å². The molecule has 1 saturated heterocycles. The molecule has 0 saturated carbocycles. The van der Waals surface area contributed by atoms with Crippen molar-refractivity contribution >= 4 is 15.9 Å². The minimum absolute atomic E-state index is 0.646. The SMILES string of the molecule is CCc1ccc(OCC[C@H]2CCCCN2)c(Br)c1. The maximum atomic E-state index is 5.85. The monoisotopic (exact) mass is 311 g/mol. The molecule has 1 N–H and O–H groups in total. The van der Waals surface area contributed by atoms with E-state index in [9.17, 15) is 0 Å². The molecule has 0 aliphatic carbocycles. The van der Waals surface area contributed by atoms with Gasteiger partial charge in [0.05, 0.1) is 11.1 Å². The molecule has 1 aliphatic heterocycles. The first-order valence-electron chi connectivity index (χ1n) is 6.94. The van der Waals surface area contributed by atoms with Gasteiger partial charge in [0.2, 0.25) is 0 Å². The van der Waals surface area contributed by atoms with Crippen molar-refractivity contribution in [3.63, 3.8) is 0 Å². The van der Waals surface area contributed by atoms with Gasteiger partial charge in [-0.1, -0.05) is 19.4 Å². The van der Waals surface area contributed by atoms with Crippen LogP contribution in [0.1, 0.15) is 38.2 Å². The van der Waals surface area contributed by atoms with Crippen molar-refractivity contribution < 1.29 is 4.74 Å². The lowest BCUT2D eigenvalue weighted by Gasteiger charge is -2.23. The number of hydrogen-bond acceptors (Lipinski definition) is 2. The van der Waals surface area contributed by atoms with Crippen LogP contribution in [0, 0.1) is 0 Å². The van der Waals surface area contributed by atoms with E-state index in [-0.39, 0.29) is 0 Å². The van der Waals surface area contributed by atoms with Gasteiger partial charge in [-0.2, -0.15) is 0 Å². The summed E-state index contributed by atoms with van der Waals surface area (Å²) in [6, 6.07) is 7.00. The van der Waals surface area contributed by atoms with Crippen LogP contribution < -0.4 is 10.1 Å². The molecule has 1 heterocycles. The Kier molecular flexibility index (Phi) is 5.51. The topological polar surface area (TPSA) is 21.3 Å². The maximum Gasteiger partial charge on any atom is 0.133 e. The fourth-order valence-corrected chi connectivity index (χ4v) is 2.90. The molecule has 1 aromatic rings. The molecule has 1 atom stereocenters. The largest absolute Gasteiger partial charge is 0.492 e. The second-order valence-electron chi connectivity index (χ2n) is 4.90. The van der Waals surface area contributed by atoms with Crippen molar-refractivity contribution in [1.82, 2.24) is 5.32 Å². The summed E-state index contributed by atoms with van der Waals surface area (Å²) in [5.41, 5.74) is 1.34. The molecule has 2 rings (SSSR count). The summed E-state index contributed by atoms with van der Waals surface area (Å²) in [7, 11) is 0. The standard InChI is InChI=1S/C15H22BrNO/c1-2-12-6-7-15(14(16)11-12)18-10-8-13-5-3-4-9-17-13/h6-7,11,13,17H,2-5,8-10H2,1H3/t13-/m1/s1. The first-order valence-corrected chi connectivity index (χ1v) is 7.73. The fourth-order valence-electron chi connectivity index (χ4n) is 2.36. The number of ether oxygens (including phenoxy) is 1. The van der Waals surface area contributed by atoms with Crippen molar-refractivity contribution in [2.75, 3.05) is 13.2 Å². The molecule has 1 fully saturated rings. The van der Waals surface area contributed by atoms with Crippen molar-refractivity contribution in [3.05, 3.63) is 28.2 Å². The highest BCUT2D eigenvalue weighted by Crippen LogP contribution is 2.26. The molecule has 0 aromatic heterocycles. The van der Waals surface area contributed by atoms with Crippen molar-refractivity contribution in [2.24, 2.45) is 0 Å². The van der Waals surface area contributed by atoms with Crippen LogP contribution in [0.2, 0.25) is 0 Å². The summed E-state index contributed by atoms with van der Waals surface area (Å²) in [6.07, 6.45) is 6.13. The minimum Gasteiger partial charge on any atom is -0.492 e. The average molecular weight is 312 g/mol. The average Bonchev–Trinajstić information content (AvgIpc) is 2.42. The number of piperidine rings is 1. The minimum atomic E-state index is 0.646. The van der Waals surface area contributed by atoms with Gasteiger partial charge in [0, 0.05) is 6.04 Å². The van der Waals surface area contributed by atoms with Crippen molar-refractivity contribution in [1.29, 1.82) is 0 Å². The Morgan fingerprint density at radius 3 is 2.94 bits per heavy atom. The highest BCUT2D eigenvalue weighted by Gasteiger charge is 2.12. The summed E-state index contributed by atoms with van der Waals surface area (Å²) in [4.78, 5) is 0. The molecule has 2 nitrogen and oxygen atoms in total. The first kappa shape index (κ1) is 13.9. The van der Waals surface area contributed by atoms with Crippen LogP contribution in [0.25, 0.3) is 0 Å². The molecule has 3 heteroatoms. The lowest BCUT2D eigenvalue weighted by molar-refractivity contribution is 0.267. The van der Waals surface area contributed by atoms with E-state index >= 15 is 0 Å². The van der Waals surface area contributed by atoms with Crippen LogP contribution in [-0.4, -0.2) is 19.2 Å². The van der Waals surface area contributed by atoms with E-state index < -0.39 is 0 Å². The quantitative estimate of drug-likeness (QED) is 0.890. The molecule has 1 aromatic carbocycles. The van der Waals surface area contributed by atoms with Crippen LogP contribution in [0.4, 0.5) is 0 Å². The number of benzene rings is 1. The van der Waals surface area contributed by atoms with Gasteiger partial charge in [-0.15, -0.1) is 0 Å². The van der Waals surface area contributed by atoms with Crippen molar-refractivity contribution in [3.8, 4) is 5.75 Å². The van der Waals surface area contributed by atoms with Crippen molar-refractivity contribution in [2.45, 2.75) is 45.1 Å². The summed E-state index contributed by atoms with van der Waals surface area (Å²) in [6.45, 7) is 4.12. The van der Waals surface area contributed by atoms with Gasteiger partial charge in [-0.25, -0.2) is 0 Å². The number of nitrogens with one attached hydrogen (secondary N) is 1. The summed E-state index contributed by atoms with van der Waals surface area (Å²) >= 11 is 3.57. The van der Waals surface area contributed by atoms with E-state index in [4.69, 9.17) is 4.74 Å². The van der Waals surface area contributed by atoms with Crippen LogP contribution in [0.5, 0.6) is 5.75 Å². The predicted octanol–water partition coefficient (Wildman–Crippen LogP) is 3.92. The number of aryl methyl sites for hydroxylation is 1. The molecule has 18 heavy (non-hydrogen) atoms. The zero-order valence-electron chi connectivity index (χ0n) is 11.0. The first-order chi connectivity index (χ1) is 8.79. The Labute approximate surface area is 118 Å². The Morgan fingerprint density at radius 2 is 2.28 bits per heavy atom. The molecule has 0 amide bonds. The molecule has 0 bridgehead atoms. The van der Waals surface area contributed by atoms with Crippen LogP contribution in [0.15, 0.2) is 22.7 Å². The Balaban J connectivity index is 1.79. The second kappa shape index (κ2) is 7.15. The third-order valence-electron chi connectivity index (χ3n) is 3.54. The van der Waals surface area contributed by atoms with Gasteiger partial charge in [0.15, 0.2) is 0 Å². The molecule has 1 aliphatic rings. The van der Waals surface area contributed by atoms with Crippen LogP contribution in [-0.2, 0) is 6.42 Å². The lowest BCUT2D eigenvalue weighted by atomic mass is 10.0. The number of rotatable bonds is 5. The number of hydrogen-bond donors (Lipinski definition) is 1. The van der Waals surface area contributed by atoms with Gasteiger partial charge in [0.25, 0.3) is 0 Å². The van der Waals surface area contributed by atoms with Crippen LogP contribution >= 0.6 is 15.9 Å². The summed E-state index contributed by atoms with van der Waals surface area (Å²) in [5.74, 6) is 0.961. The van der Waals surface area contributed by atoms with Gasteiger partial charge in [0.1, 0.15) is 5.75 Å². The van der Waals surface area contributed by atoms with Gasteiger partial charge >= 0.3 is 0 Å². The molecule has 0 spiro atoms.